The van der Waals surface area contributed by atoms with Gasteiger partial charge in [0.25, 0.3) is 0 Å². The molecule has 3 N–H and O–H groups in total. The number of aliphatic hydroxyl groups excluding tert-OH is 1. The van der Waals surface area contributed by atoms with Gasteiger partial charge in [-0.2, -0.15) is 0 Å². The summed E-state index contributed by atoms with van der Waals surface area (Å²) in [5.74, 6) is 1.76. The molecule has 1 saturated heterocycles. The van der Waals surface area contributed by atoms with Crippen LogP contribution in [0.3, 0.4) is 0 Å². The average molecular weight is 505 g/mol. The van der Waals surface area contributed by atoms with E-state index < -0.39 is 0 Å². The molecule has 0 aromatic heterocycles. The number of aryl methyl sites for hydroxylation is 1. The lowest BCUT2D eigenvalue weighted by molar-refractivity contribution is 0.131. The molecule has 160 valence electrons. The topological polar surface area (TPSA) is 75.1 Å². The zero-order chi connectivity index (χ0) is 19.4. The van der Waals surface area contributed by atoms with Crippen molar-refractivity contribution in [2.45, 2.75) is 39.5 Å². The average Bonchev–Trinajstić information content (AvgIpc) is 3.13. The number of benzene rings is 1. The summed E-state index contributed by atoms with van der Waals surface area (Å²) in [5, 5.41) is 16.0. The van der Waals surface area contributed by atoms with Crippen LogP contribution in [0.25, 0.3) is 0 Å². The minimum atomic E-state index is -0.0149. The van der Waals surface area contributed by atoms with Gasteiger partial charge in [0, 0.05) is 31.7 Å². The minimum absolute atomic E-state index is 0. The first-order chi connectivity index (χ1) is 13.2. The van der Waals surface area contributed by atoms with Crippen LogP contribution in [-0.4, -0.2) is 57.1 Å². The van der Waals surface area contributed by atoms with Crippen LogP contribution >= 0.6 is 24.0 Å². The predicted molar refractivity (Wildman–Crippen MR) is 125 cm³/mol. The Balaban J connectivity index is 0.00000392. The van der Waals surface area contributed by atoms with Crippen LogP contribution in [0.2, 0.25) is 0 Å². The molecule has 0 spiro atoms. The van der Waals surface area contributed by atoms with Gasteiger partial charge in [0.15, 0.2) is 5.96 Å². The zero-order valence-electron chi connectivity index (χ0n) is 17.2. The summed E-state index contributed by atoms with van der Waals surface area (Å²) in [5.41, 5.74) is 1.23. The zero-order valence-corrected chi connectivity index (χ0v) is 19.5. The number of guanidine groups is 1. The van der Waals surface area contributed by atoms with E-state index in [1.165, 1.54) is 5.56 Å². The summed E-state index contributed by atoms with van der Waals surface area (Å²) in [6, 6.07) is 8.15. The third-order valence-corrected chi connectivity index (χ3v) is 4.90. The number of hydrogen-bond acceptors (Lipinski definition) is 4. The van der Waals surface area contributed by atoms with Crippen LogP contribution in [0, 0.1) is 12.3 Å². The van der Waals surface area contributed by atoms with Crippen molar-refractivity contribution in [3.63, 3.8) is 0 Å². The second-order valence-corrected chi connectivity index (χ2v) is 7.27. The Bertz CT molecular complexity index is 561. The highest BCUT2D eigenvalue weighted by atomic mass is 127. The van der Waals surface area contributed by atoms with E-state index in [4.69, 9.17) is 14.5 Å². The summed E-state index contributed by atoms with van der Waals surface area (Å²) in [7, 11) is 0. The quantitative estimate of drug-likeness (QED) is 0.187. The molecular weight excluding hydrogens is 469 g/mol. The minimum Gasteiger partial charge on any atom is -0.494 e. The van der Waals surface area contributed by atoms with Crippen molar-refractivity contribution in [3.8, 4) is 5.75 Å². The largest absolute Gasteiger partial charge is 0.494 e. The first-order valence-corrected chi connectivity index (χ1v) is 10.1. The second kappa shape index (κ2) is 14.0. The van der Waals surface area contributed by atoms with Gasteiger partial charge in [-0.05, 0) is 51.7 Å². The monoisotopic (exact) mass is 505 g/mol. The molecule has 1 unspecified atom stereocenters. The predicted octanol–water partition coefficient (Wildman–Crippen LogP) is 3.12. The molecule has 1 aromatic rings. The Labute approximate surface area is 186 Å². The maximum atomic E-state index is 9.33. The van der Waals surface area contributed by atoms with Gasteiger partial charge in [0.1, 0.15) is 5.75 Å². The fraction of sp³-hybridized carbons (Fsp3) is 0.667. The second-order valence-electron chi connectivity index (χ2n) is 7.27. The highest BCUT2D eigenvalue weighted by molar-refractivity contribution is 14.0. The number of nitrogens with one attached hydrogen (secondary N) is 2. The van der Waals surface area contributed by atoms with Gasteiger partial charge < -0.3 is 25.2 Å². The lowest BCUT2D eigenvalue weighted by atomic mass is 9.84. The molecule has 0 amide bonds. The van der Waals surface area contributed by atoms with Crippen LogP contribution in [0.15, 0.2) is 29.3 Å². The number of aliphatic imine (C=N–C) groups is 1. The molecule has 1 aromatic carbocycles. The number of hydrogen-bond donors (Lipinski definition) is 3. The van der Waals surface area contributed by atoms with Gasteiger partial charge in [-0.25, -0.2) is 0 Å². The van der Waals surface area contributed by atoms with Crippen LogP contribution in [-0.2, 0) is 4.74 Å². The maximum absolute atomic E-state index is 9.33. The number of ether oxygens (including phenoxy) is 2. The SMILES string of the molecule is CCNC(=NCC1(CCO)CCOC1)NCCCCOc1ccc(C)cc1.I. The lowest BCUT2D eigenvalue weighted by Gasteiger charge is -2.24. The molecule has 1 atom stereocenters. The first kappa shape index (κ1) is 25.0. The Morgan fingerprint density at radius 2 is 2.04 bits per heavy atom. The number of unbranched alkanes of at least 4 members (excludes halogenated alkanes) is 1. The van der Waals surface area contributed by atoms with Crippen molar-refractivity contribution in [2.75, 3.05) is 46.1 Å². The van der Waals surface area contributed by atoms with E-state index in [0.717, 1.165) is 63.7 Å². The number of halogens is 1. The fourth-order valence-corrected chi connectivity index (χ4v) is 3.13. The molecule has 0 radical (unpaired) electrons. The molecule has 1 aliphatic rings. The van der Waals surface area contributed by atoms with Crippen molar-refractivity contribution in [2.24, 2.45) is 10.4 Å². The molecular formula is C21H36IN3O3. The summed E-state index contributed by atoms with van der Waals surface area (Å²) in [6.45, 7) is 8.85. The molecule has 6 nitrogen and oxygen atoms in total. The van der Waals surface area contributed by atoms with E-state index in [9.17, 15) is 5.11 Å². The van der Waals surface area contributed by atoms with E-state index in [2.05, 4.69) is 36.6 Å². The van der Waals surface area contributed by atoms with Gasteiger partial charge in [-0.3, -0.25) is 4.99 Å². The third kappa shape index (κ3) is 8.96. The number of nitrogens with zero attached hydrogens (tertiary/aromatic N) is 1. The molecule has 0 bridgehead atoms. The molecule has 2 rings (SSSR count). The highest BCUT2D eigenvalue weighted by Gasteiger charge is 2.34. The van der Waals surface area contributed by atoms with Gasteiger partial charge >= 0.3 is 0 Å². The van der Waals surface area contributed by atoms with Gasteiger partial charge in [-0.15, -0.1) is 24.0 Å². The molecule has 1 aliphatic heterocycles. The van der Waals surface area contributed by atoms with Crippen molar-refractivity contribution in [1.29, 1.82) is 0 Å². The highest BCUT2D eigenvalue weighted by Crippen LogP contribution is 2.32. The first-order valence-electron chi connectivity index (χ1n) is 10.1. The molecule has 1 fully saturated rings. The third-order valence-electron chi connectivity index (χ3n) is 4.90. The summed E-state index contributed by atoms with van der Waals surface area (Å²) >= 11 is 0. The number of aliphatic hydroxyl groups is 1. The molecule has 28 heavy (non-hydrogen) atoms. The summed E-state index contributed by atoms with van der Waals surface area (Å²) in [4.78, 5) is 4.73. The smallest absolute Gasteiger partial charge is 0.191 e. The Hall–Kier alpha value is -1.06. The van der Waals surface area contributed by atoms with Crippen LogP contribution in [0.1, 0.15) is 38.2 Å². The number of rotatable bonds is 11. The van der Waals surface area contributed by atoms with Crippen LogP contribution in [0.4, 0.5) is 0 Å². The van der Waals surface area contributed by atoms with E-state index >= 15 is 0 Å². The van der Waals surface area contributed by atoms with E-state index in [-0.39, 0.29) is 36.0 Å². The molecule has 0 saturated carbocycles. The normalized spacial score (nSPS) is 19.2. The van der Waals surface area contributed by atoms with Gasteiger partial charge in [0.2, 0.25) is 0 Å². The Kier molecular flexibility index (Phi) is 12.5. The van der Waals surface area contributed by atoms with Crippen molar-refractivity contribution in [3.05, 3.63) is 29.8 Å². The standard InChI is InChI=1S/C21H35N3O3.HI/c1-3-22-20(24-16-21(10-13-25)11-15-26-17-21)23-12-4-5-14-27-19-8-6-18(2)7-9-19;/h6-9,25H,3-5,10-17H2,1-2H3,(H2,22,23,24);1H. The van der Waals surface area contributed by atoms with Gasteiger partial charge in [0.05, 0.1) is 19.8 Å². The molecule has 1 heterocycles. The van der Waals surface area contributed by atoms with E-state index in [1.54, 1.807) is 0 Å². The Morgan fingerprint density at radius 3 is 2.68 bits per heavy atom. The molecule has 0 aliphatic carbocycles. The summed E-state index contributed by atoms with van der Waals surface area (Å²) in [6.07, 6.45) is 3.71. The van der Waals surface area contributed by atoms with Gasteiger partial charge in [-0.1, -0.05) is 17.7 Å². The lowest BCUT2D eigenvalue weighted by Crippen LogP contribution is -2.39. The van der Waals surface area contributed by atoms with E-state index in [0.29, 0.717) is 13.2 Å². The van der Waals surface area contributed by atoms with Crippen LogP contribution < -0.4 is 15.4 Å². The van der Waals surface area contributed by atoms with Crippen molar-refractivity contribution >= 4 is 29.9 Å². The fourth-order valence-electron chi connectivity index (χ4n) is 3.13. The summed E-state index contributed by atoms with van der Waals surface area (Å²) < 4.78 is 11.3. The van der Waals surface area contributed by atoms with Crippen molar-refractivity contribution in [1.82, 2.24) is 10.6 Å². The van der Waals surface area contributed by atoms with Crippen LogP contribution in [0.5, 0.6) is 5.75 Å². The molecule has 7 heteroatoms. The Morgan fingerprint density at radius 1 is 1.25 bits per heavy atom. The van der Waals surface area contributed by atoms with Crippen molar-refractivity contribution < 1.29 is 14.6 Å². The maximum Gasteiger partial charge on any atom is 0.191 e. The van der Waals surface area contributed by atoms with E-state index in [1.807, 2.05) is 12.1 Å².